The molecule has 0 bridgehead atoms. The minimum Gasteiger partial charge on any atom is -0.140 e. The molecule has 1 aliphatic rings. The summed E-state index contributed by atoms with van der Waals surface area (Å²) in [6, 6.07) is 11.0. The van der Waals surface area contributed by atoms with Crippen LogP contribution in [0.25, 0.3) is 10.1 Å². The highest BCUT2D eigenvalue weighted by Crippen LogP contribution is 2.30. The number of benzene rings is 1. The molecule has 0 aliphatic carbocycles. The molecular formula is C13H12S2. The molecule has 76 valence electrons. The van der Waals surface area contributed by atoms with Gasteiger partial charge in [0.25, 0.3) is 0 Å². The van der Waals surface area contributed by atoms with E-state index in [2.05, 4.69) is 41.8 Å². The molecule has 0 spiro atoms. The second-order valence-electron chi connectivity index (χ2n) is 3.88. The van der Waals surface area contributed by atoms with Crippen molar-refractivity contribution in [2.45, 2.75) is 6.42 Å². The average molecular weight is 232 g/mol. The van der Waals surface area contributed by atoms with Gasteiger partial charge in [0.05, 0.1) is 0 Å². The Labute approximate surface area is 98.0 Å². The van der Waals surface area contributed by atoms with Crippen LogP contribution in [0.2, 0.25) is 0 Å². The summed E-state index contributed by atoms with van der Waals surface area (Å²) in [4.78, 5) is 1.52. The molecule has 1 aromatic carbocycles. The minimum atomic E-state index is 0.753. The van der Waals surface area contributed by atoms with Gasteiger partial charge in [0.1, 0.15) is 0 Å². The lowest BCUT2D eigenvalue weighted by Gasteiger charge is -2.02. The highest BCUT2D eigenvalue weighted by molar-refractivity contribution is 8.02. The zero-order valence-corrected chi connectivity index (χ0v) is 9.98. The Hall–Kier alpha value is -0.730. The number of thioether (sulfide) groups is 1. The van der Waals surface area contributed by atoms with Gasteiger partial charge < -0.3 is 0 Å². The summed E-state index contributed by atoms with van der Waals surface area (Å²) in [6.07, 6.45) is 3.55. The van der Waals surface area contributed by atoms with Crippen molar-refractivity contribution in [2.75, 3.05) is 5.75 Å². The quantitative estimate of drug-likeness (QED) is 0.743. The van der Waals surface area contributed by atoms with Crippen LogP contribution in [0, 0.1) is 5.92 Å². The lowest BCUT2D eigenvalue weighted by Crippen LogP contribution is -1.98. The first-order valence-electron chi connectivity index (χ1n) is 5.17. The molecule has 2 heteroatoms. The van der Waals surface area contributed by atoms with Crippen LogP contribution in [-0.4, -0.2) is 5.75 Å². The topological polar surface area (TPSA) is 0 Å². The lowest BCUT2D eigenvalue weighted by atomic mass is 10.1. The second kappa shape index (κ2) is 4.03. The van der Waals surface area contributed by atoms with E-state index in [0.29, 0.717) is 0 Å². The van der Waals surface area contributed by atoms with Crippen LogP contribution in [0.15, 0.2) is 41.8 Å². The van der Waals surface area contributed by atoms with E-state index in [0.717, 1.165) is 5.92 Å². The number of hydrogen-bond acceptors (Lipinski definition) is 2. The van der Waals surface area contributed by atoms with Gasteiger partial charge in [-0.1, -0.05) is 24.3 Å². The van der Waals surface area contributed by atoms with Crippen molar-refractivity contribution in [2.24, 2.45) is 5.92 Å². The summed E-state index contributed by atoms with van der Waals surface area (Å²) in [5, 5.41) is 3.63. The minimum absolute atomic E-state index is 0.753. The van der Waals surface area contributed by atoms with Crippen LogP contribution in [-0.2, 0) is 6.42 Å². The summed E-state index contributed by atoms with van der Waals surface area (Å²) in [5.41, 5.74) is 0. The monoisotopic (exact) mass is 232 g/mol. The molecule has 1 unspecified atom stereocenters. The molecule has 3 rings (SSSR count). The Kier molecular flexibility index (Phi) is 2.55. The standard InChI is InChI=1S/C13H12S2/c1-2-4-13-11(3-1)8-12(15-13)7-10-5-6-14-9-10/h1-6,8,10H,7,9H2. The highest BCUT2D eigenvalue weighted by Gasteiger charge is 2.12. The first-order valence-corrected chi connectivity index (χ1v) is 7.04. The van der Waals surface area contributed by atoms with Gasteiger partial charge in [-0.15, -0.1) is 23.1 Å². The Morgan fingerprint density at radius 3 is 3.00 bits per heavy atom. The van der Waals surface area contributed by atoms with E-state index in [4.69, 9.17) is 0 Å². The second-order valence-corrected chi connectivity index (χ2v) is 5.98. The molecule has 0 nitrogen and oxygen atoms in total. The van der Waals surface area contributed by atoms with Crippen LogP contribution >= 0.6 is 23.1 Å². The van der Waals surface area contributed by atoms with Crippen LogP contribution in [0.5, 0.6) is 0 Å². The van der Waals surface area contributed by atoms with Crippen molar-refractivity contribution >= 4 is 33.2 Å². The van der Waals surface area contributed by atoms with Gasteiger partial charge in [-0.05, 0) is 35.3 Å². The van der Waals surface area contributed by atoms with E-state index in [9.17, 15) is 0 Å². The lowest BCUT2D eigenvalue weighted by molar-refractivity contribution is 0.755. The summed E-state index contributed by atoms with van der Waals surface area (Å²) in [5.74, 6) is 2.01. The zero-order valence-electron chi connectivity index (χ0n) is 8.35. The Bertz CT molecular complexity index is 463. The first kappa shape index (κ1) is 9.49. The summed E-state index contributed by atoms with van der Waals surface area (Å²) >= 11 is 3.87. The maximum Gasteiger partial charge on any atom is 0.0345 e. The van der Waals surface area contributed by atoms with Gasteiger partial charge >= 0.3 is 0 Å². The number of thiophene rings is 1. The highest BCUT2D eigenvalue weighted by atomic mass is 32.2. The van der Waals surface area contributed by atoms with Gasteiger partial charge in [0.15, 0.2) is 0 Å². The Morgan fingerprint density at radius 2 is 2.20 bits per heavy atom. The molecule has 0 amide bonds. The Balaban J connectivity index is 1.88. The van der Waals surface area contributed by atoms with Gasteiger partial charge in [-0.3, -0.25) is 0 Å². The molecule has 15 heavy (non-hydrogen) atoms. The van der Waals surface area contributed by atoms with Crippen molar-refractivity contribution in [1.82, 2.24) is 0 Å². The number of allylic oxidation sites excluding steroid dienone is 1. The predicted molar refractivity (Wildman–Crippen MR) is 70.6 cm³/mol. The SMILES string of the molecule is C1=CC(Cc2cc3ccccc3s2)CS1. The molecule has 1 aliphatic heterocycles. The zero-order chi connectivity index (χ0) is 10.1. The van der Waals surface area contributed by atoms with Crippen molar-refractivity contribution in [1.29, 1.82) is 0 Å². The van der Waals surface area contributed by atoms with Crippen LogP contribution in [0.3, 0.4) is 0 Å². The third-order valence-corrected chi connectivity index (χ3v) is 4.81. The fraction of sp³-hybridized carbons (Fsp3) is 0.231. The van der Waals surface area contributed by atoms with Crippen LogP contribution < -0.4 is 0 Å². The van der Waals surface area contributed by atoms with Gasteiger partial charge in [0, 0.05) is 15.3 Å². The average Bonchev–Trinajstić information content (AvgIpc) is 2.86. The molecule has 0 radical (unpaired) electrons. The van der Waals surface area contributed by atoms with E-state index in [1.807, 2.05) is 23.1 Å². The van der Waals surface area contributed by atoms with Crippen molar-refractivity contribution in [3.05, 3.63) is 46.7 Å². The molecular weight excluding hydrogens is 220 g/mol. The fourth-order valence-corrected chi connectivity index (χ4v) is 4.00. The summed E-state index contributed by atoms with van der Waals surface area (Å²) in [7, 11) is 0. The normalized spacial score (nSPS) is 20.1. The predicted octanol–water partition coefficient (Wildman–Crippen LogP) is 4.32. The fourth-order valence-electron chi connectivity index (χ4n) is 1.92. The molecule has 0 N–H and O–H groups in total. The molecule has 2 aromatic rings. The maximum absolute atomic E-state index is 2.34. The first-order chi connectivity index (χ1) is 7.42. The summed E-state index contributed by atoms with van der Waals surface area (Å²) < 4.78 is 1.42. The molecule has 0 saturated carbocycles. The molecule has 0 fully saturated rings. The summed E-state index contributed by atoms with van der Waals surface area (Å²) in [6.45, 7) is 0. The molecule has 0 saturated heterocycles. The smallest absolute Gasteiger partial charge is 0.0345 e. The van der Waals surface area contributed by atoms with E-state index in [-0.39, 0.29) is 0 Å². The third kappa shape index (κ3) is 1.97. The van der Waals surface area contributed by atoms with E-state index >= 15 is 0 Å². The van der Waals surface area contributed by atoms with E-state index < -0.39 is 0 Å². The number of rotatable bonds is 2. The largest absolute Gasteiger partial charge is 0.140 e. The maximum atomic E-state index is 2.34. The molecule has 2 heterocycles. The Morgan fingerprint density at radius 1 is 1.27 bits per heavy atom. The van der Waals surface area contributed by atoms with Crippen molar-refractivity contribution in [3.63, 3.8) is 0 Å². The van der Waals surface area contributed by atoms with Crippen molar-refractivity contribution < 1.29 is 0 Å². The van der Waals surface area contributed by atoms with Crippen LogP contribution in [0.1, 0.15) is 4.88 Å². The van der Waals surface area contributed by atoms with Crippen LogP contribution in [0.4, 0.5) is 0 Å². The molecule has 1 atom stereocenters. The van der Waals surface area contributed by atoms with Gasteiger partial charge in [-0.25, -0.2) is 0 Å². The van der Waals surface area contributed by atoms with Gasteiger partial charge in [0.2, 0.25) is 0 Å². The number of fused-ring (bicyclic) bond motifs is 1. The molecule has 1 aromatic heterocycles. The van der Waals surface area contributed by atoms with E-state index in [1.54, 1.807) is 0 Å². The van der Waals surface area contributed by atoms with Crippen molar-refractivity contribution in [3.8, 4) is 0 Å². The van der Waals surface area contributed by atoms with E-state index in [1.165, 1.54) is 27.1 Å². The van der Waals surface area contributed by atoms with Gasteiger partial charge in [-0.2, -0.15) is 0 Å². The number of hydrogen-bond donors (Lipinski definition) is 0. The third-order valence-electron chi connectivity index (χ3n) is 2.70.